The van der Waals surface area contributed by atoms with Gasteiger partial charge in [-0.05, 0) is 56.9 Å². The second-order valence-corrected chi connectivity index (χ2v) is 10.7. The van der Waals surface area contributed by atoms with Crippen LogP contribution in [-0.2, 0) is 39.1 Å². The molecule has 1 aromatic carbocycles. The average Bonchev–Trinajstić information content (AvgIpc) is 3.55. The van der Waals surface area contributed by atoms with Gasteiger partial charge in [-0.1, -0.05) is 6.07 Å². The molecule has 4 heterocycles. The van der Waals surface area contributed by atoms with E-state index < -0.39 is 18.1 Å². The summed E-state index contributed by atoms with van der Waals surface area (Å²) in [7, 11) is 1.75. The molecule has 10 heteroatoms. The van der Waals surface area contributed by atoms with Crippen LogP contribution in [0, 0.1) is 6.92 Å². The molecule has 39 heavy (non-hydrogen) atoms. The highest BCUT2D eigenvalue weighted by Crippen LogP contribution is 2.28. The quantitative estimate of drug-likeness (QED) is 0.399. The first-order valence-corrected chi connectivity index (χ1v) is 13.8. The number of esters is 1. The van der Waals surface area contributed by atoms with Crippen LogP contribution < -0.4 is 10.9 Å². The Morgan fingerprint density at radius 2 is 2.10 bits per heavy atom. The first-order valence-electron chi connectivity index (χ1n) is 13.8. The summed E-state index contributed by atoms with van der Waals surface area (Å²) in [6, 6.07) is 7.03. The van der Waals surface area contributed by atoms with Gasteiger partial charge in [0.15, 0.2) is 0 Å². The van der Waals surface area contributed by atoms with Crippen molar-refractivity contribution in [2.24, 2.45) is 7.05 Å². The number of hydrogen-bond donors (Lipinski definition) is 2. The van der Waals surface area contributed by atoms with Gasteiger partial charge in [-0.25, -0.2) is 4.98 Å². The summed E-state index contributed by atoms with van der Waals surface area (Å²) in [6.45, 7) is 6.12. The second-order valence-electron chi connectivity index (χ2n) is 10.7. The molecule has 0 spiro atoms. The number of aryl methyl sites for hydroxylation is 2. The Morgan fingerprint density at radius 3 is 2.79 bits per heavy atom. The lowest BCUT2D eigenvalue weighted by atomic mass is 10.1. The van der Waals surface area contributed by atoms with E-state index in [0.717, 1.165) is 53.9 Å². The van der Waals surface area contributed by atoms with Crippen molar-refractivity contribution in [3.05, 3.63) is 51.9 Å². The number of pyridine rings is 1. The number of benzene rings is 1. The second kappa shape index (κ2) is 12.0. The van der Waals surface area contributed by atoms with Gasteiger partial charge in [0.1, 0.15) is 18.0 Å². The van der Waals surface area contributed by atoms with E-state index in [4.69, 9.17) is 19.2 Å². The molecule has 2 aliphatic rings. The number of aliphatic hydroxyl groups is 1. The van der Waals surface area contributed by atoms with E-state index in [2.05, 4.69) is 16.0 Å². The third-order valence-corrected chi connectivity index (χ3v) is 7.53. The van der Waals surface area contributed by atoms with Gasteiger partial charge < -0.3 is 28.5 Å². The van der Waals surface area contributed by atoms with Crippen LogP contribution in [0.4, 0.5) is 0 Å². The Morgan fingerprint density at radius 1 is 1.26 bits per heavy atom. The molecule has 0 aliphatic carbocycles. The Bertz CT molecular complexity index is 1340. The molecule has 0 saturated carbocycles. The van der Waals surface area contributed by atoms with Gasteiger partial charge in [-0.2, -0.15) is 0 Å². The van der Waals surface area contributed by atoms with Gasteiger partial charge in [0.2, 0.25) is 0 Å². The summed E-state index contributed by atoms with van der Waals surface area (Å²) in [5.41, 5.74) is 4.23. The van der Waals surface area contributed by atoms with E-state index in [-0.39, 0.29) is 17.8 Å². The smallest absolute Gasteiger partial charge is 0.326 e. The summed E-state index contributed by atoms with van der Waals surface area (Å²) in [5.74, 6) is 0.306. The zero-order valence-electron chi connectivity index (χ0n) is 22.9. The van der Waals surface area contributed by atoms with E-state index in [0.29, 0.717) is 38.3 Å². The highest BCUT2D eigenvalue weighted by Gasteiger charge is 2.29. The minimum atomic E-state index is -0.919. The van der Waals surface area contributed by atoms with Gasteiger partial charge >= 0.3 is 5.97 Å². The van der Waals surface area contributed by atoms with E-state index in [9.17, 15) is 14.7 Å². The van der Waals surface area contributed by atoms with Crippen LogP contribution in [0.15, 0.2) is 35.3 Å². The number of fused-ring (bicyclic) bond motifs is 1. The molecule has 2 unspecified atom stereocenters. The monoisotopic (exact) mass is 538 g/mol. The van der Waals surface area contributed by atoms with Crippen molar-refractivity contribution >= 4 is 17.0 Å². The van der Waals surface area contributed by atoms with Crippen molar-refractivity contribution < 1.29 is 24.1 Å². The maximum atomic E-state index is 12.7. The number of nitrogens with zero attached hydrogens (tertiary/aromatic N) is 3. The third kappa shape index (κ3) is 6.24. The van der Waals surface area contributed by atoms with Crippen molar-refractivity contribution in [2.75, 3.05) is 19.8 Å². The maximum Gasteiger partial charge on any atom is 0.326 e. The predicted molar refractivity (Wildman–Crippen MR) is 146 cm³/mol. The molecule has 2 aromatic heterocycles. The molecule has 0 radical (unpaired) electrons. The summed E-state index contributed by atoms with van der Waals surface area (Å²) in [5, 5.41) is 13.5. The highest BCUT2D eigenvalue weighted by molar-refractivity contribution is 5.81. The minimum Gasteiger partial charge on any atom is -0.459 e. The Labute approximate surface area is 227 Å². The molecule has 2 aliphatic heterocycles. The molecule has 3 aromatic rings. The fourth-order valence-electron chi connectivity index (χ4n) is 5.36. The van der Waals surface area contributed by atoms with E-state index in [1.54, 1.807) is 18.5 Å². The van der Waals surface area contributed by atoms with E-state index >= 15 is 0 Å². The fourth-order valence-corrected chi connectivity index (χ4v) is 5.36. The Balaban J connectivity index is 1.43. The number of hydrogen-bond acceptors (Lipinski definition) is 8. The predicted octanol–water partition coefficient (Wildman–Crippen LogP) is 2.45. The summed E-state index contributed by atoms with van der Waals surface area (Å²) in [4.78, 5) is 30.0. The lowest BCUT2D eigenvalue weighted by Gasteiger charge is -2.24. The summed E-state index contributed by atoms with van der Waals surface area (Å²) < 4.78 is 20.7. The molecule has 10 nitrogen and oxygen atoms in total. The molecule has 0 bridgehead atoms. The number of imidazole rings is 1. The fraction of sp³-hybridized carbons (Fsp3) is 0.552. The van der Waals surface area contributed by atoms with Crippen LogP contribution >= 0.6 is 0 Å². The van der Waals surface area contributed by atoms with Gasteiger partial charge in [-0.15, -0.1) is 0 Å². The number of aliphatic hydroxyl groups excluding tert-OH is 1. The zero-order chi connectivity index (χ0) is 27.5. The lowest BCUT2D eigenvalue weighted by molar-refractivity contribution is -0.154. The number of carbonyl (C=O) groups is 1. The molecule has 4 atom stereocenters. The molecule has 0 amide bonds. The van der Waals surface area contributed by atoms with Crippen LogP contribution in [0.25, 0.3) is 22.4 Å². The van der Waals surface area contributed by atoms with E-state index in [1.807, 2.05) is 31.3 Å². The number of ether oxygens (including phenoxy) is 3. The minimum absolute atomic E-state index is 0.0305. The largest absolute Gasteiger partial charge is 0.459 e. The molecule has 2 saturated heterocycles. The van der Waals surface area contributed by atoms with Crippen molar-refractivity contribution in [1.29, 1.82) is 0 Å². The molecule has 5 rings (SSSR count). The zero-order valence-corrected chi connectivity index (χ0v) is 22.9. The number of nitrogens with one attached hydrogen (secondary N) is 1. The first-order chi connectivity index (χ1) is 18.8. The van der Waals surface area contributed by atoms with Crippen molar-refractivity contribution in [1.82, 2.24) is 19.4 Å². The van der Waals surface area contributed by atoms with Gasteiger partial charge in [0, 0.05) is 43.9 Å². The number of carbonyl (C=O) groups excluding carboxylic acids is 1. The first kappa shape index (κ1) is 27.5. The molecule has 210 valence electrons. The van der Waals surface area contributed by atoms with Gasteiger partial charge in [0.05, 0.1) is 43.0 Å². The maximum absolute atomic E-state index is 12.7. The van der Waals surface area contributed by atoms with Crippen LogP contribution in [0.3, 0.4) is 0 Å². The van der Waals surface area contributed by atoms with Gasteiger partial charge in [-0.3, -0.25) is 14.9 Å². The standard InChI is InChI=1S/C29H38N4O6/c1-18-12-21(15-32(3)28(18)35)27-31-24-8-7-20(13-25(24)33(27)16-22-6-4-5-10-38-22)14-30-26(19(2)34)29(36)39-23-9-11-37-17-23/h7-8,12-13,15,19,22-23,26,30,34H,4-6,9-11,14,16-17H2,1-3H3/t19?,22-,23+,26?/m1/s1. The normalized spacial score (nSPS) is 21.2. The Hall–Kier alpha value is -3.05. The van der Waals surface area contributed by atoms with Crippen molar-refractivity contribution in [2.45, 2.75) is 77.0 Å². The topological polar surface area (TPSA) is 117 Å². The number of rotatable bonds is 9. The van der Waals surface area contributed by atoms with E-state index in [1.165, 1.54) is 0 Å². The van der Waals surface area contributed by atoms with Crippen LogP contribution in [0.1, 0.15) is 43.7 Å². The van der Waals surface area contributed by atoms with Crippen molar-refractivity contribution in [3.8, 4) is 11.4 Å². The van der Waals surface area contributed by atoms with Gasteiger partial charge in [0.25, 0.3) is 5.56 Å². The molecular weight excluding hydrogens is 500 g/mol. The molecule has 2 N–H and O–H groups in total. The van der Waals surface area contributed by atoms with Crippen molar-refractivity contribution in [3.63, 3.8) is 0 Å². The lowest BCUT2D eigenvalue weighted by Crippen LogP contribution is -2.46. The average molecular weight is 539 g/mol. The highest BCUT2D eigenvalue weighted by atomic mass is 16.6. The number of aromatic nitrogens is 3. The molecule has 2 fully saturated rings. The van der Waals surface area contributed by atoms with Crippen LogP contribution in [-0.4, -0.2) is 69.4 Å². The molecular formula is C29H38N4O6. The third-order valence-electron chi connectivity index (χ3n) is 7.53. The Kier molecular flexibility index (Phi) is 8.46. The van der Waals surface area contributed by atoms with Crippen LogP contribution in [0.5, 0.6) is 0 Å². The summed E-state index contributed by atoms with van der Waals surface area (Å²) >= 11 is 0. The van der Waals surface area contributed by atoms with Crippen LogP contribution in [0.2, 0.25) is 0 Å². The summed E-state index contributed by atoms with van der Waals surface area (Å²) in [6.07, 6.45) is 4.57. The SMILES string of the molecule is Cc1cc(-c2nc3ccc(CNC(C(=O)O[C@H]4CCOC4)C(C)O)cc3n2C[C@H]2CCCCO2)cn(C)c1=O.